The summed E-state index contributed by atoms with van der Waals surface area (Å²) in [6.07, 6.45) is 3.76. The molecule has 6 nitrogen and oxygen atoms in total. The monoisotopic (exact) mass is 430 g/mol. The number of hydrogen-bond acceptors (Lipinski definition) is 4. The van der Waals surface area contributed by atoms with Crippen LogP contribution in [-0.4, -0.2) is 40.3 Å². The third-order valence-corrected chi connectivity index (χ3v) is 6.41. The number of amides is 1. The second-order valence-electron chi connectivity index (χ2n) is 9.63. The Kier molecular flexibility index (Phi) is 5.47. The lowest BCUT2D eigenvalue weighted by atomic mass is 9.74. The maximum Gasteiger partial charge on any atom is 0.234 e. The van der Waals surface area contributed by atoms with Gasteiger partial charge in [-0.25, -0.2) is 4.68 Å². The minimum atomic E-state index is -0.0331. The van der Waals surface area contributed by atoms with Gasteiger partial charge in [-0.2, -0.15) is 5.10 Å². The molecule has 0 fully saturated rings. The summed E-state index contributed by atoms with van der Waals surface area (Å²) in [5, 5.41) is 8.00. The quantitative estimate of drug-likeness (QED) is 0.682. The highest BCUT2D eigenvalue weighted by atomic mass is 16.5. The number of para-hydroxylation sites is 2. The van der Waals surface area contributed by atoms with Gasteiger partial charge in [-0.3, -0.25) is 9.69 Å². The largest absolute Gasteiger partial charge is 0.492 e. The predicted octanol–water partition coefficient (Wildman–Crippen LogP) is 3.90. The van der Waals surface area contributed by atoms with Crippen molar-refractivity contribution in [2.45, 2.75) is 39.3 Å². The van der Waals surface area contributed by atoms with E-state index in [0.29, 0.717) is 13.2 Å². The minimum Gasteiger partial charge on any atom is -0.492 e. The molecular weight excluding hydrogens is 400 g/mol. The van der Waals surface area contributed by atoms with Gasteiger partial charge in [0, 0.05) is 24.2 Å². The number of aromatic nitrogens is 2. The minimum absolute atomic E-state index is 0.0331. The smallest absolute Gasteiger partial charge is 0.234 e. The molecule has 166 valence electrons. The van der Waals surface area contributed by atoms with Gasteiger partial charge in [-0.05, 0) is 36.5 Å². The Morgan fingerprint density at radius 1 is 1.16 bits per heavy atom. The average Bonchev–Trinajstić information content (AvgIpc) is 3.07. The van der Waals surface area contributed by atoms with Crippen molar-refractivity contribution in [1.29, 1.82) is 0 Å². The molecule has 6 heteroatoms. The Morgan fingerprint density at radius 2 is 1.94 bits per heavy atom. The molecular formula is C26H30N4O2. The van der Waals surface area contributed by atoms with Gasteiger partial charge in [0.15, 0.2) is 0 Å². The first-order chi connectivity index (χ1) is 15.5. The van der Waals surface area contributed by atoms with Gasteiger partial charge in [0.1, 0.15) is 12.4 Å². The number of fused-ring (bicyclic) bond motifs is 2. The van der Waals surface area contributed by atoms with E-state index in [0.717, 1.165) is 48.5 Å². The van der Waals surface area contributed by atoms with Crippen LogP contribution in [0.15, 0.2) is 60.8 Å². The number of rotatable bonds is 4. The third kappa shape index (κ3) is 4.28. The molecule has 1 amide bonds. The maximum absolute atomic E-state index is 13.1. The number of carbonyl (C=O) groups is 1. The molecule has 32 heavy (non-hydrogen) atoms. The number of ether oxygens (including phenoxy) is 1. The molecule has 1 aliphatic heterocycles. The fourth-order valence-corrected chi connectivity index (χ4v) is 4.92. The molecule has 1 N–H and O–H groups in total. The van der Waals surface area contributed by atoms with Crippen molar-refractivity contribution in [3.05, 3.63) is 77.6 Å². The first kappa shape index (κ1) is 20.8. The predicted molar refractivity (Wildman–Crippen MR) is 124 cm³/mol. The van der Waals surface area contributed by atoms with Crippen LogP contribution in [-0.2, 0) is 17.8 Å². The number of carbonyl (C=O) groups excluding carboxylic acids is 1. The van der Waals surface area contributed by atoms with Gasteiger partial charge in [0.05, 0.1) is 30.2 Å². The maximum atomic E-state index is 13.1. The van der Waals surface area contributed by atoms with Gasteiger partial charge in [0.2, 0.25) is 5.91 Å². The van der Waals surface area contributed by atoms with Crippen LogP contribution in [0.1, 0.15) is 43.1 Å². The van der Waals surface area contributed by atoms with E-state index in [1.807, 2.05) is 47.3 Å². The number of hydrogen-bond donors (Lipinski definition) is 1. The van der Waals surface area contributed by atoms with Crippen LogP contribution in [0.4, 0.5) is 0 Å². The van der Waals surface area contributed by atoms with Crippen molar-refractivity contribution in [3.63, 3.8) is 0 Å². The fourth-order valence-electron chi connectivity index (χ4n) is 4.92. The molecule has 1 aromatic heterocycles. The first-order valence-corrected chi connectivity index (χ1v) is 11.3. The van der Waals surface area contributed by atoms with Crippen molar-refractivity contribution in [2.24, 2.45) is 5.41 Å². The molecule has 0 bridgehead atoms. The Morgan fingerprint density at radius 3 is 2.78 bits per heavy atom. The lowest BCUT2D eigenvalue weighted by Crippen LogP contribution is -2.42. The molecule has 0 saturated heterocycles. The standard InChI is InChI=1S/C26H30N4O2/c1-26(2)14-22(21-16-27-30(23(21)15-26)20-9-4-3-5-10-20)28-25(31)18-29-12-13-32-24-11-7-6-8-19(24)17-29/h3-11,16,22H,12-15,17-18H2,1-2H3,(H,28,31)/t22-/m1/s1. The zero-order valence-electron chi connectivity index (χ0n) is 18.8. The van der Waals surface area contributed by atoms with E-state index in [1.54, 1.807) is 0 Å². The normalized spacial score (nSPS) is 19.9. The van der Waals surface area contributed by atoms with E-state index in [1.165, 1.54) is 5.69 Å². The highest BCUT2D eigenvalue weighted by molar-refractivity contribution is 5.78. The van der Waals surface area contributed by atoms with Gasteiger partial charge in [-0.15, -0.1) is 0 Å². The summed E-state index contributed by atoms with van der Waals surface area (Å²) in [5.74, 6) is 0.966. The molecule has 0 radical (unpaired) electrons. The van der Waals surface area contributed by atoms with Crippen LogP contribution in [0.25, 0.3) is 5.69 Å². The number of benzene rings is 2. The van der Waals surface area contributed by atoms with Crippen LogP contribution in [0.3, 0.4) is 0 Å². The second kappa shape index (κ2) is 8.43. The van der Waals surface area contributed by atoms with Crippen LogP contribution in [0.2, 0.25) is 0 Å². The van der Waals surface area contributed by atoms with E-state index < -0.39 is 0 Å². The number of nitrogens with zero attached hydrogens (tertiary/aromatic N) is 3. The van der Waals surface area contributed by atoms with E-state index in [2.05, 4.69) is 47.4 Å². The van der Waals surface area contributed by atoms with E-state index >= 15 is 0 Å². The molecule has 3 aromatic rings. The van der Waals surface area contributed by atoms with Crippen molar-refractivity contribution >= 4 is 5.91 Å². The Labute approximate surface area is 189 Å². The van der Waals surface area contributed by atoms with Gasteiger partial charge in [0.25, 0.3) is 0 Å². The van der Waals surface area contributed by atoms with Crippen LogP contribution in [0, 0.1) is 5.41 Å². The molecule has 5 rings (SSSR count). The molecule has 0 saturated carbocycles. The topological polar surface area (TPSA) is 59.4 Å². The van der Waals surface area contributed by atoms with Crippen molar-refractivity contribution in [2.75, 3.05) is 19.7 Å². The molecule has 2 aromatic carbocycles. The van der Waals surface area contributed by atoms with Crippen LogP contribution >= 0.6 is 0 Å². The van der Waals surface area contributed by atoms with Crippen LogP contribution < -0.4 is 10.1 Å². The third-order valence-electron chi connectivity index (χ3n) is 6.41. The molecule has 2 aliphatic rings. The molecule has 2 heterocycles. The summed E-state index contributed by atoms with van der Waals surface area (Å²) in [4.78, 5) is 15.2. The van der Waals surface area contributed by atoms with Crippen molar-refractivity contribution in [1.82, 2.24) is 20.0 Å². The lowest BCUT2D eigenvalue weighted by molar-refractivity contribution is -0.123. The summed E-state index contributed by atoms with van der Waals surface area (Å²) >= 11 is 0. The average molecular weight is 431 g/mol. The second-order valence-corrected chi connectivity index (χ2v) is 9.63. The van der Waals surface area contributed by atoms with E-state index in [9.17, 15) is 4.79 Å². The zero-order chi connectivity index (χ0) is 22.1. The highest BCUT2D eigenvalue weighted by Crippen LogP contribution is 2.41. The van der Waals surface area contributed by atoms with Crippen LogP contribution in [0.5, 0.6) is 5.75 Å². The van der Waals surface area contributed by atoms with Gasteiger partial charge < -0.3 is 10.1 Å². The Bertz CT molecular complexity index is 1110. The van der Waals surface area contributed by atoms with E-state index in [4.69, 9.17) is 4.74 Å². The highest BCUT2D eigenvalue weighted by Gasteiger charge is 2.36. The molecule has 1 atom stereocenters. The molecule has 0 spiro atoms. The summed E-state index contributed by atoms with van der Waals surface area (Å²) in [6, 6.07) is 18.2. The summed E-state index contributed by atoms with van der Waals surface area (Å²) in [6.45, 7) is 6.93. The SMILES string of the molecule is CC1(C)Cc2c(cnn2-c2ccccc2)[C@H](NC(=O)CN2CCOc3ccccc3C2)C1. The summed E-state index contributed by atoms with van der Waals surface area (Å²) in [7, 11) is 0. The van der Waals surface area contributed by atoms with Crippen molar-refractivity contribution in [3.8, 4) is 11.4 Å². The lowest BCUT2D eigenvalue weighted by Gasteiger charge is -2.36. The fraction of sp³-hybridized carbons (Fsp3) is 0.385. The van der Waals surface area contributed by atoms with E-state index in [-0.39, 0.29) is 17.4 Å². The Hall–Kier alpha value is -3.12. The molecule has 0 unspecified atom stereocenters. The summed E-state index contributed by atoms with van der Waals surface area (Å²) < 4.78 is 7.87. The van der Waals surface area contributed by atoms with Gasteiger partial charge >= 0.3 is 0 Å². The van der Waals surface area contributed by atoms with Gasteiger partial charge in [-0.1, -0.05) is 50.2 Å². The Balaban J connectivity index is 1.32. The molecule has 1 aliphatic carbocycles. The zero-order valence-corrected chi connectivity index (χ0v) is 18.8. The number of nitrogens with one attached hydrogen (secondary N) is 1. The first-order valence-electron chi connectivity index (χ1n) is 11.3. The summed E-state index contributed by atoms with van der Waals surface area (Å²) in [5.41, 5.74) is 4.58. The van der Waals surface area contributed by atoms with Crippen molar-refractivity contribution < 1.29 is 9.53 Å².